The zero-order valence-electron chi connectivity index (χ0n) is 10.5. The summed E-state index contributed by atoms with van der Waals surface area (Å²) in [7, 11) is 1.62. The Morgan fingerprint density at radius 2 is 2.44 bits per heavy atom. The molecule has 1 heterocycles. The Bertz CT molecular complexity index is 415. The van der Waals surface area contributed by atoms with Crippen molar-refractivity contribution in [2.24, 2.45) is 0 Å². The molecule has 1 aromatic rings. The number of nitrogens with zero attached hydrogens (tertiary/aromatic N) is 2. The van der Waals surface area contributed by atoms with Crippen molar-refractivity contribution in [1.29, 1.82) is 0 Å². The van der Waals surface area contributed by atoms with Gasteiger partial charge in [-0.15, -0.1) is 0 Å². The van der Waals surface area contributed by atoms with Crippen molar-refractivity contribution in [3.8, 4) is 0 Å². The normalized spacial score (nSPS) is 15.0. The standard InChI is InChI=1S/C12H18ClN3O2/c1-18-7-6-16-12(10(13)8-15-16)11(17)4-5-14-9-2-3-9/h8-9,14H,2-7H2,1H3. The third-order valence-electron chi connectivity index (χ3n) is 2.93. The van der Waals surface area contributed by atoms with Crippen LogP contribution in [0.5, 0.6) is 0 Å². The highest BCUT2D eigenvalue weighted by atomic mass is 35.5. The van der Waals surface area contributed by atoms with E-state index in [1.807, 2.05) is 0 Å². The number of rotatable bonds is 8. The maximum atomic E-state index is 12.1. The summed E-state index contributed by atoms with van der Waals surface area (Å²) >= 11 is 6.01. The van der Waals surface area contributed by atoms with Gasteiger partial charge in [0.15, 0.2) is 5.78 Å². The first-order chi connectivity index (χ1) is 8.72. The fraction of sp³-hybridized carbons (Fsp3) is 0.667. The minimum atomic E-state index is 0.0294. The number of ketones is 1. The Hall–Kier alpha value is -0.910. The Balaban J connectivity index is 1.91. The molecule has 0 spiro atoms. The third kappa shape index (κ3) is 3.54. The molecule has 5 nitrogen and oxygen atoms in total. The van der Waals surface area contributed by atoms with Gasteiger partial charge in [0.05, 0.1) is 24.4 Å². The van der Waals surface area contributed by atoms with E-state index in [0.29, 0.717) is 42.9 Å². The lowest BCUT2D eigenvalue weighted by molar-refractivity contribution is 0.0968. The molecule has 1 aromatic heterocycles. The molecule has 18 heavy (non-hydrogen) atoms. The number of methoxy groups -OCH3 is 1. The molecular formula is C12H18ClN3O2. The second kappa shape index (κ2) is 6.31. The van der Waals surface area contributed by atoms with Gasteiger partial charge < -0.3 is 10.1 Å². The van der Waals surface area contributed by atoms with Gasteiger partial charge in [-0.1, -0.05) is 11.6 Å². The molecule has 0 saturated heterocycles. The number of nitrogens with one attached hydrogen (secondary N) is 1. The van der Waals surface area contributed by atoms with Gasteiger partial charge in [0.25, 0.3) is 0 Å². The first kappa shape index (κ1) is 13.5. The van der Waals surface area contributed by atoms with Crippen LogP contribution in [0.2, 0.25) is 5.02 Å². The monoisotopic (exact) mass is 271 g/mol. The topological polar surface area (TPSA) is 56.2 Å². The Kier molecular flexibility index (Phi) is 4.74. The van der Waals surface area contributed by atoms with Crippen molar-refractivity contribution in [3.63, 3.8) is 0 Å². The van der Waals surface area contributed by atoms with Crippen molar-refractivity contribution in [3.05, 3.63) is 16.9 Å². The summed E-state index contributed by atoms with van der Waals surface area (Å²) in [5.74, 6) is 0.0294. The first-order valence-electron chi connectivity index (χ1n) is 6.19. The average molecular weight is 272 g/mol. The van der Waals surface area contributed by atoms with Crippen LogP contribution in [-0.2, 0) is 11.3 Å². The molecule has 0 aromatic carbocycles. The van der Waals surface area contributed by atoms with Crippen LogP contribution in [0.25, 0.3) is 0 Å². The highest BCUT2D eigenvalue weighted by Crippen LogP contribution is 2.19. The van der Waals surface area contributed by atoms with Gasteiger partial charge >= 0.3 is 0 Å². The van der Waals surface area contributed by atoms with E-state index in [2.05, 4.69) is 10.4 Å². The van der Waals surface area contributed by atoms with Crippen LogP contribution in [0.1, 0.15) is 29.8 Å². The van der Waals surface area contributed by atoms with E-state index in [1.54, 1.807) is 11.8 Å². The van der Waals surface area contributed by atoms with Crippen LogP contribution in [0.3, 0.4) is 0 Å². The maximum Gasteiger partial charge on any atom is 0.183 e. The van der Waals surface area contributed by atoms with Crippen LogP contribution < -0.4 is 5.32 Å². The average Bonchev–Trinajstić information content (AvgIpc) is 3.09. The highest BCUT2D eigenvalue weighted by Gasteiger charge is 2.21. The van der Waals surface area contributed by atoms with Crippen molar-refractivity contribution >= 4 is 17.4 Å². The van der Waals surface area contributed by atoms with E-state index < -0.39 is 0 Å². The van der Waals surface area contributed by atoms with E-state index >= 15 is 0 Å². The van der Waals surface area contributed by atoms with Crippen molar-refractivity contribution in [2.45, 2.75) is 31.8 Å². The van der Waals surface area contributed by atoms with Crippen LogP contribution in [0.4, 0.5) is 0 Å². The van der Waals surface area contributed by atoms with Gasteiger partial charge in [-0.2, -0.15) is 5.10 Å². The quantitative estimate of drug-likeness (QED) is 0.728. The fourth-order valence-corrected chi connectivity index (χ4v) is 2.03. The molecule has 0 radical (unpaired) electrons. The molecule has 1 N–H and O–H groups in total. The molecule has 0 amide bonds. The number of hydrogen-bond donors (Lipinski definition) is 1. The number of ether oxygens (including phenoxy) is 1. The largest absolute Gasteiger partial charge is 0.383 e. The summed E-state index contributed by atoms with van der Waals surface area (Å²) in [6, 6.07) is 0.617. The second-order valence-electron chi connectivity index (χ2n) is 4.46. The van der Waals surface area contributed by atoms with E-state index in [4.69, 9.17) is 16.3 Å². The number of hydrogen-bond acceptors (Lipinski definition) is 4. The molecule has 100 valence electrons. The Morgan fingerprint density at radius 3 is 3.11 bits per heavy atom. The molecule has 1 fully saturated rings. The molecule has 1 aliphatic rings. The summed E-state index contributed by atoms with van der Waals surface area (Å²) < 4.78 is 6.60. The lowest BCUT2D eigenvalue weighted by atomic mass is 10.2. The molecule has 1 saturated carbocycles. The summed E-state index contributed by atoms with van der Waals surface area (Å²) in [6.07, 6.45) is 4.41. The number of aromatic nitrogens is 2. The number of halogens is 1. The highest BCUT2D eigenvalue weighted by molar-refractivity contribution is 6.33. The summed E-state index contributed by atoms with van der Waals surface area (Å²) in [4.78, 5) is 12.1. The van der Waals surface area contributed by atoms with E-state index in [1.165, 1.54) is 19.0 Å². The van der Waals surface area contributed by atoms with Gasteiger partial charge in [0.1, 0.15) is 5.69 Å². The molecule has 0 unspecified atom stereocenters. The smallest absolute Gasteiger partial charge is 0.183 e. The van der Waals surface area contributed by atoms with E-state index in [9.17, 15) is 4.79 Å². The first-order valence-corrected chi connectivity index (χ1v) is 6.57. The molecule has 0 aliphatic heterocycles. The van der Waals surface area contributed by atoms with Gasteiger partial charge in [0, 0.05) is 26.1 Å². The molecule has 1 aliphatic carbocycles. The Labute approximate surface area is 111 Å². The zero-order valence-corrected chi connectivity index (χ0v) is 11.2. The molecule has 0 bridgehead atoms. The molecular weight excluding hydrogens is 254 g/mol. The summed E-state index contributed by atoms with van der Waals surface area (Å²) in [6.45, 7) is 1.76. The third-order valence-corrected chi connectivity index (χ3v) is 3.21. The lowest BCUT2D eigenvalue weighted by Gasteiger charge is -2.07. The van der Waals surface area contributed by atoms with Gasteiger partial charge in [0.2, 0.25) is 0 Å². The number of carbonyl (C=O) groups is 1. The lowest BCUT2D eigenvalue weighted by Crippen LogP contribution is -2.22. The molecule has 2 rings (SSSR count). The van der Waals surface area contributed by atoms with Gasteiger partial charge in [-0.05, 0) is 12.8 Å². The molecule has 6 heteroatoms. The van der Waals surface area contributed by atoms with Crippen molar-refractivity contribution in [1.82, 2.24) is 15.1 Å². The van der Waals surface area contributed by atoms with Gasteiger partial charge in [-0.25, -0.2) is 0 Å². The fourth-order valence-electron chi connectivity index (χ4n) is 1.78. The maximum absolute atomic E-state index is 12.1. The van der Waals surface area contributed by atoms with Crippen LogP contribution >= 0.6 is 11.6 Å². The summed E-state index contributed by atoms with van der Waals surface area (Å²) in [5, 5.41) is 7.83. The van der Waals surface area contributed by atoms with Crippen molar-refractivity contribution in [2.75, 3.05) is 20.3 Å². The second-order valence-corrected chi connectivity index (χ2v) is 4.87. The van der Waals surface area contributed by atoms with Crippen LogP contribution in [-0.4, -0.2) is 41.9 Å². The summed E-state index contributed by atoms with van der Waals surface area (Å²) in [5.41, 5.74) is 0.492. The SMILES string of the molecule is COCCn1ncc(Cl)c1C(=O)CCNC1CC1. The van der Waals surface area contributed by atoms with E-state index in [0.717, 1.165) is 0 Å². The van der Waals surface area contributed by atoms with Crippen molar-refractivity contribution < 1.29 is 9.53 Å². The molecule has 0 atom stereocenters. The Morgan fingerprint density at radius 1 is 1.67 bits per heavy atom. The number of carbonyl (C=O) groups excluding carboxylic acids is 1. The van der Waals surface area contributed by atoms with Gasteiger partial charge in [-0.3, -0.25) is 9.48 Å². The predicted octanol–water partition coefficient (Wildman–Crippen LogP) is 1.51. The number of Topliss-reactive ketones (excluding diaryl/α,β-unsaturated/α-hetero) is 1. The van der Waals surface area contributed by atoms with Crippen LogP contribution in [0, 0.1) is 0 Å². The minimum Gasteiger partial charge on any atom is -0.383 e. The predicted molar refractivity (Wildman–Crippen MR) is 69.1 cm³/mol. The van der Waals surface area contributed by atoms with Crippen LogP contribution in [0.15, 0.2) is 6.20 Å². The zero-order chi connectivity index (χ0) is 13.0. The van der Waals surface area contributed by atoms with E-state index in [-0.39, 0.29) is 5.78 Å². The minimum absolute atomic E-state index is 0.0294.